The molecule has 0 aliphatic carbocycles. The number of hydrogen-bond acceptors (Lipinski definition) is 1. The lowest BCUT2D eigenvalue weighted by Gasteiger charge is -2.18. The summed E-state index contributed by atoms with van der Waals surface area (Å²) in [4.78, 5) is 0. The molecule has 0 aliphatic rings. The molecular formula is C14H11Br2FIN. The SMILES string of the molecule is CC(Nc1ccc(F)cc1I)c1ccc(Br)cc1Br. The second kappa shape index (κ2) is 6.54. The second-order valence-electron chi connectivity index (χ2n) is 4.16. The van der Waals surface area contributed by atoms with Crippen molar-refractivity contribution >= 4 is 60.1 Å². The van der Waals surface area contributed by atoms with Gasteiger partial charge in [-0.2, -0.15) is 0 Å². The molecule has 0 aromatic heterocycles. The number of hydrogen-bond donors (Lipinski definition) is 1. The molecule has 0 spiro atoms. The number of halogens is 4. The summed E-state index contributed by atoms with van der Waals surface area (Å²) in [6.45, 7) is 2.08. The molecule has 0 aliphatic heterocycles. The highest BCUT2D eigenvalue weighted by Gasteiger charge is 2.11. The van der Waals surface area contributed by atoms with E-state index in [9.17, 15) is 4.39 Å². The fraction of sp³-hybridized carbons (Fsp3) is 0.143. The summed E-state index contributed by atoms with van der Waals surface area (Å²) < 4.78 is 16.0. The Bertz CT molecular complexity index is 604. The molecule has 0 amide bonds. The molecule has 1 N–H and O–H groups in total. The van der Waals surface area contributed by atoms with E-state index in [2.05, 4.69) is 72.8 Å². The summed E-state index contributed by atoms with van der Waals surface area (Å²) in [6, 6.07) is 11.0. The summed E-state index contributed by atoms with van der Waals surface area (Å²) >= 11 is 9.13. The van der Waals surface area contributed by atoms with E-state index < -0.39 is 0 Å². The van der Waals surface area contributed by atoms with E-state index in [1.54, 1.807) is 6.07 Å². The maximum absolute atomic E-state index is 13.1. The predicted molar refractivity (Wildman–Crippen MR) is 93.0 cm³/mol. The van der Waals surface area contributed by atoms with E-state index in [0.717, 1.165) is 23.8 Å². The van der Waals surface area contributed by atoms with E-state index in [4.69, 9.17) is 0 Å². The summed E-state index contributed by atoms with van der Waals surface area (Å²) in [5.74, 6) is -0.215. The van der Waals surface area contributed by atoms with Crippen molar-refractivity contribution in [1.82, 2.24) is 0 Å². The van der Waals surface area contributed by atoms with Crippen LogP contribution in [0.3, 0.4) is 0 Å². The Balaban J connectivity index is 2.23. The molecule has 0 bridgehead atoms. The fourth-order valence-corrected chi connectivity index (χ4v) is 3.79. The summed E-state index contributed by atoms with van der Waals surface area (Å²) in [7, 11) is 0. The molecule has 2 aromatic carbocycles. The maximum atomic E-state index is 13.1. The Hall–Kier alpha value is -0.140. The van der Waals surface area contributed by atoms with E-state index in [0.29, 0.717) is 0 Å². The Morgan fingerprint density at radius 2 is 1.89 bits per heavy atom. The van der Waals surface area contributed by atoms with Crippen molar-refractivity contribution in [2.45, 2.75) is 13.0 Å². The average Bonchev–Trinajstić information content (AvgIpc) is 2.32. The summed E-state index contributed by atoms with van der Waals surface area (Å²) in [5, 5.41) is 3.39. The zero-order valence-corrected chi connectivity index (χ0v) is 15.4. The van der Waals surface area contributed by atoms with Gasteiger partial charge in [0, 0.05) is 24.2 Å². The van der Waals surface area contributed by atoms with Gasteiger partial charge in [0.25, 0.3) is 0 Å². The zero-order valence-electron chi connectivity index (χ0n) is 10.1. The molecule has 0 heterocycles. The fourth-order valence-electron chi connectivity index (χ4n) is 1.77. The van der Waals surface area contributed by atoms with Gasteiger partial charge in [0.1, 0.15) is 5.82 Å². The van der Waals surface area contributed by atoms with Crippen LogP contribution in [-0.2, 0) is 0 Å². The van der Waals surface area contributed by atoms with Gasteiger partial charge in [0.15, 0.2) is 0 Å². The molecule has 5 heteroatoms. The van der Waals surface area contributed by atoms with Crippen LogP contribution in [0.1, 0.15) is 18.5 Å². The number of benzene rings is 2. The van der Waals surface area contributed by atoms with Crippen molar-refractivity contribution in [2.75, 3.05) is 5.32 Å². The first kappa shape index (κ1) is 15.3. The molecule has 2 rings (SSSR count). The van der Waals surface area contributed by atoms with E-state index >= 15 is 0 Å². The molecule has 0 radical (unpaired) electrons. The number of rotatable bonds is 3. The Labute approximate surface area is 142 Å². The van der Waals surface area contributed by atoms with Crippen LogP contribution in [-0.4, -0.2) is 0 Å². The average molecular weight is 499 g/mol. The molecular weight excluding hydrogens is 488 g/mol. The van der Waals surface area contributed by atoms with Crippen LogP contribution in [0.25, 0.3) is 0 Å². The van der Waals surface area contributed by atoms with E-state index in [-0.39, 0.29) is 11.9 Å². The van der Waals surface area contributed by atoms with Crippen LogP contribution < -0.4 is 5.32 Å². The predicted octanol–water partition coefficient (Wildman–Crippen LogP) is 6.13. The van der Waals surface area contributed by atoms with Crippen LogP contribution in [0.5, 0.6) is 0 Å². The second-order valence-corrected chi connectivity index (χ2v) is 7.09. The van der Waals surface area contributed by atoms with E-state index in [1.165, 1.54) is 12.1 Å². The Kier molecular flexibility index (Phi) is 5.25. The number of nitrogens with one attached hydrogen (secondary N) is 1. The topological polar surface area (TPSA) is 12.0 Å². The van der Waals surface area contributed by atoms with Gasteiger partial charge in [-0.1, -0.05) is 37.9 Å². The van der Waals surface area contributed by atoms with Crippen LogP contribution >= 0.6 is 54.5 Å². The third kappa shape index (κ3) is 3.92. The monoisotopic (exact) mass is 497 g/mol. The Morgan fingerprint density at radius 3 is 2.53 bits per heavy atom. The minimum absolute atomic E-state index is 0.126. The third-order valence-electron chi connectivity index (χ3n) is 2.73. The van der Waals surface area contributed by atoms with Crippen LogP contribution in [0.2, 0.25) is 0 Å². The van der Waals surface area contributed by atoms with Crippen LogP contribution in [0.4, 0.5) is 10.1 Å². The van der Waals surface area contributed by atoms with Gasteiger partial charge in [-0.25, -0.2) is 4.39 Å². The van der Waals surface area contributed by atoms with Gasteiger partial charge >= 0.3 is 0 Å². The third-order valence-corrected chi connectivity index (χ3v) is 4.80. The molecule has 0 fully saturated rings. The van der Waals surface area contributed by atoms with Crippen molar-refractivity contribution in [3.05, 3.63) is 60.3 Å². The lowest BCUT2D eigenvalue weighted by Crippen LogP contribution is -2.08. The van der Waals surface area contributed by atoms with Gasteiger partial charge in [-0.15, -0.1) is 0 Å². The summed E-state index contributed by atoms with van der Waals surface area (Å²) in [5.41, 5.74) is 2.09. The van der Waals surface area contributed by atoms with Crippen molar-refractivity contribution in [3.63, 3.8) is 0 Å². The van der Waals surface area contributed by atoms with Crippen molar-refractivity contribution in [2.24, 2.45) is 0 Å². The highest BCUT2D eigenvalue weighted by molar-refractivity contribution is 14.1. The van der Waals surface area contributed by atoms with Crippen molar-refractivity contribution in [3.8, 4) is 0 Å². The van der Waals surface area contributed by atoms with Gasteiger partial charge < -0.3 is 5.32 Å². The first-order chi connectivity index (χ1) is 8.97. The van der Waals surface area contributed by atoms with Gasteiger partial charge in [-0.05, 0) is 65.4 Å². The summed E-state index contributed by atoms with van der Waals surface area (Å²) in [6.07, 6.45) is 0. The minimum atomic E-state index is -0.215. The van der Waals surface area contributed by atoms with E-state index in [1.807, 2.05) is 12.1 Å². The molecule has 1 atom stereocenters. The van der Waals surface area contributed by atoms with Gasteiger partial charge in [-0.3, -0.25) is 0 Å². The molecule has 19 heavy (non-hydrogen) atoms. The van der Waals surface area contributed by atoms with Crippen molar-refractivity contribution < 1.29 is 4.39 Å². The lowest BCUT2D eigenvalue weighted by atomic mass is 10.1. The zero-order chi connectivity index (χ0) is 14.0. The molecule has 1 unspecified atom stereocenters. The smallest absolute Gasteiger partial charge is 0.124 e. The maximum Gasteiger partial charge on any atom is 0.124 e. The quantitative estimate of drug-likeness (QED) is 0.502. The normalized spacial score (nSPS) is 12.3. The molecule has 1 nitrogen and oxygen atoms in total. The highest BCUT2D eigenvalue weighted by atomic mass is 127. The standard InChI is InChI=1S/C14H11Br2FIN/c1-8(11-4-2-9(15)6-12(11)16)19-14-5-3-10(17)7-13(14)18/h2-8,19H,1H3. The van der Waals surface area contributed by atoms with Crippen LogP contribution in [0, 0.1) is 9.39 Å². The molecule has 2 aromatic rings. The van der Waals surface area contributed by atoms with Crippen molar-refractivity contribution in [1.29, 1.82) is 0 Å². The Morgan fingerprint density at radius 1 is 1.16 bits per heavy atom. The highest BCUT2D eigenvalue weighted by Crippen LogP contribution is 2.30. The lowest BCUT2D eigenvalue weighted by molar-refractivity contribution is 0.627. The van der Waals surface area contributed by atoms with Crippen LogP contribution in [0.15, 0.2) is 45.3 Å². The number of anilines is 1. The first-order valence-electron chi connectivity index (χ1n) is 5.64. The molecule has 0 saturated heterocycles. The largest absolute Gasteiger partial charge is 0.378 e. The van der Waals surface area contributed by atoms with Gasteiger partial charge in [0.2, 0.25) is 0 Å². The molecule has 100 valence electrons. The van der Waals surface area contributed by atoms with Gasteiger partial charge in [0.05, 0.1) is 0 Å². The minimum Gasteiger partial charge on any atom is -0.378 e. The molecule has 0 saturated carbocycles. The first-order valence-corrected chi connectivity index (χ1v) is 8.30.